The normalized spacial score (nSPS) is 11.0. The Morgan fingerprint density at radius 2 is 1.54 bits per heavy atom. The summed E-state index contributed by atoms with van der Waals surface area (Å²) in [6.45, 7) is 29.1. The molecule has 5 heteroatoms. The predicted octanol–water partition coefficient (Wildman–Crippen LogP) is 7.11. The number of carbonyl (C=O) groups excluding carboxylic acids is 2. The number of amides is 2. The highest BCUT2D eigenvalue weighted by Gasteiger charge is 2.18. The van der Waals surface area contributed by atoms with E-state index in [9.17, 15) is 9.59 Å². The van der Waals surface area contributed by atoms with Crippen LogP contribution < -0.4 is 5.32 Å². The lowest BCUT2D eigenvalue weighted by Crippen LogP contribution is -2.39. The van der Waals surface area contributed by atoms with Crippen molar-refractivity contribution >= 4 is 11.8 Å². The Hall–Kier alpha value is -1.88. The summed E-state index contributed by atoms with van der Waals surface area (Å²) in [6.07, 6.45) is 11.1. The molecule has 0 saturated carbocycles. The van der Waals surface area contributed by atoms with Crippen LogP contribution in [0.25, 0.3) is 0 Å². The molecule has 0 fully saturated rings. The van der Waals surface area contributed by atoms with Gasteiger partial charge in [0.15, 0.2) is 0 Å². The molecule has 35 heavy (non-hydrogen) atoms. The Balaban J connectivity index is -0.000000244. The zero-order chi connectivity index (χ0) is 28.4. The fraction of sp³-hybridized carbons (Fsp3) is 0.733. The third kappa shape index (κ3) is 32.1. The van der Waals surface area contributed by atoms with Crippen LogP contribution in [0.3, 0.4) is 0 Å². The fourth-order valence-electron chi connectivity index (χ4n) is 2.91. The van der Waals surface area contributed by atoms with Gasteiger partial charge in [-0.1, -0.05) is 112 Å². The average Bonchev–Trinajstić information content (AvgIpc) is 2.76. The van der Waals surface area contributed by atoms with Crippen molar-refractivity contribution < 1.29 is 9.59 Å². The van der Waals surface area contributed by atoms with Gasteiger partial charge in [-0.15, -0.1) is 0 Å². The predicted molar refractivity (Wildman–Crippen MR) is 158 cm³/mol. The van der Waals surface area contributed by atoms with Crippen molar-refractivity contribution in [1.29, 1.82) is 0 Å². The highest BCUT2D eigenvalue weighted by molar-refractivity contribution is 5.78. The van der Waals surface area contributed by atoms with Gasteiger partial charge in [0.1, 0.15) is 0 Å². The molecule has 0 heterocycles. The number of nitrogens with zero attached hydrogens (tertiary/aromatic N) is 2. The van der Waals surface area contributed by atoms with Gasteiger partial charge in [0.2, 0.25) is 11.8 Å². The van der Waals surface area contributed by atoms with Crippen LogP contribution in [0.4, 0.5) is 0 Å². The fourth-order valence-corrected chi connectivity index (χ4v) is 2.91. The Kier molecular flexibility index (Phi) is 30.8. The molecule has 0 aliphatic heterocycles. The summed E-state index contributed by atoms with van der Waals surface area (Å²) in [5.74, 6) is 0.351. The lowest BCUT2D eigenvalue weighted by molar-refractivity contribution is -0.134. The van der Waals surface area contributed by atoms with Gasteiger partial charge in [0.25, 0.3) is 0 Å². The molecule has 1 N–H and O–H groups in total. The molecule has 0 aliphatic carbocycles. The molecule has 2 amide bonds. The van der Waals surface area contributed by atoms with E-state index in [0.29, 0.717) is 0 Å². The highest BCUT2D eigenvalue weighted by Crippen LogP contribution is 2.13. The zero-order valence-corrected chi connectivity index (χ0v) is 25.8. The molecule has 0 unspecified atom stereocenters. The van der Waals surface area contributed by atoms with E-state index in [2.05, 4.69) is 58.3 Å². The minimum Gasteiger partial charge on any atom is -0.356 e. The van der Waals surface area contributed by atoms with Crippen LogP contribution in [0.2, 0.25) is 0 Å². The Labute approximate surface area is 220 Å². The highest BCUT2D eigenvalue weighted by atomic mass is 16.2. The average molecular weight is 496 g/mol. The van der Waals surface area contributed by atoms with Crippen LogP contribution in [0.15, 0.2) is 36.5 Å². The van der Waals surface area contributed by atoms with E-state index >= 15 is 0 Å². The lowest BCUT2D eigenvalue weighted by atomic mass is 9.93. The largest absolute Gasteiger partial charge is 0.356 e. The third-order valence-electron chi connectivity index (χ3n) is 4.22. The molecule has 5 nitrogen and oxygen atoms in total. The first-order chi connectivity index (χ1) is 16.3. The molecule has 0 bridgehead atoms. The quantitative estimate of drug-likeness (QED) is 0.293. The number of hydrogen-bond donors (Lipinski definition) is 1. The number of rotatable bonds is 12. The van der Waals surface area contributed by atoms with Crippen LogP contribution in [-0.2, 0) is 9.59 Å². The minimum atomic E-state index is 0.0434. The van der Waals surface area contributed by atoms with Gasteiger partial charge in [-0.2, -0.15) is 0 Å². The number of carbonyl (C=O) groups is 2. The standard InChI is InChI=1S/C16H27NO.C9H20N2O.C3H8.C2H6/c1-6-8-10-11-15(5)13-17(12-9-7-2)16(18)14(3)4;1-8(12)10-6-9(2,3)7-11(4)5;1-3-2;1-2/h6,8,10-11,14H,1,7,9,12-13H2,2-5H3;6-7H2,1-5H3,(H,10,12);3H2,1-2H3;1-2H3/b10-8-,15-11-;;;. The smallest absolute Gasteiger partial charge is 0.225 e. The molecule has 0 radical (unpaired) electrons. The maximum atomic E-state index is 12.1. The molecule has 0 saturated heterocycles. The topological polar surface area (TPSA) is 52.7 Å². The molecular weight excluding hydrogens is 434 g/mol. The summed E-state index contributed by atoms with van der Waals surface area (Å²) in [7, 11) is 4.07. The van der Waals surface area contributed by atoms with E-state index in [1.54, 1.807) is 13.0 Å². The number of nitrogens with one attached hydrogen (secondary N) is 1. The van der Waals surface area contributed by atoms with Gasteiger partial charge >= 0.3 is 0 Å². The third-order valence-corrected chi connectivity index (χ3v) is 4.22. The number of unbranched alkanes of at least 4 members (excludes halogenated alkanes) is 1. The summed E-state index contributed by atoms with van der Waals surface area (Å²) in [6, 6.07) is 0. The van der Waals surface area contributed by atoms with E-state index in [0.717, 1.165) is 39.0 Å². The van der Waals surface area contributed by atoms with Crippen molar-refractivity contribution in [1.82, 2.24) is 15.1 Å². The second-order valence-electron chi connectivity index (χ2n) is 9.92. The molecule has 208 valence electrons. The first-order valence-corrected chi connectivity index (χ1v) is 13.4. The maximum absolute atomic E-state index is 12.1. The molecule has 0 atom stereocenters. The van der Waals surface area contributed by atoms with Crippen LogP contribution in [0.5, 0.6) is 0 Å². The van der Waals surface area contributed by atoms with Crippen LogP contribution in [0, 0.1) is 11.3 Å². The Morgan fingerprint density at radius 3 is 1.91 bits per heavy atom. The first kappa shape index (κ1) is 40.3. The first-order valence-electron chi connectivity index (χ1n) is 13.4. The van der Waals surface area contributed by atoms with Gasteiger partial charge in [0, 0.05) is 39.0 Å². The van der Waals surface area contributed by atoms with Crippen LogP contribution in [-0.4, -0.2) is 61.9 Å². The molecule has 0 rings (SSSR count). The van der Waals surface area contributed by atoms with E-state index in [1.807, 2.05) is 64.9 Å². The summed E-state index contributed by atoms with van der Waals surface area (Å²) in [4.78, 5) is 26.8. The van der Waals surface area contributed by atoms with Gasteiger partial charge in [-0.25, -0.2) is 0 Å². The van der Waals surface area contributed by atoms with Crippen LogP contribution in [0.1, 0.15) is 95.4 Å². The van der Waals surface area contributed by atoms with Crippen molar-refractivity contribution in [3.05, 3.63) is 36.5 Å². The Morgan fingerprint density at radius 1 is 1.03 bits per heavy atom. The lowest BCUT2D eigenvalue weighted by Gasteiger charge is -2.28. The van der Waals surface area contributed by atoms with E-state index in [1.165, 1.54) is 12.0 Å². The summed E-state index contributed by atoms with van der Waals surface area (Å²) < 4.78 is 0. The van der Waals surface area contributed by atoms with Crippen molar-refractivity contribution in [2.75, 3.05) is 40.3 Å². The molecule has 0 aromatic heterocycles. The van der Waals surface area contributed by atoms with Crippen molar-refractivity contribution in [3.63, 3.8) is 0 Å². The molecule has 0 aromatic rings. The van der Waals surface area contributed by atoms with Crippen molar-refractivity contribution in [2.24, 2.45) is 11.3 Å². The van der Waals surface area contributed by atoms with Gasteiger partial charge in [-0.3, -0.25) is 9.59 Å². The monoisotopic (exact) mass is 495 g/mol. The minimum absolute atomic E-state index is 0.0434. The van der Waals surface area contributed by atoms with E-state index in [-0.39, 0.29) is 23.1 Å². The number of hydrogen-bond acceptors (Lipinski definition) is 3. The van der Waals surface area contributed by atoms with E-state index < -0.39 is 0 Å². The van der Waals surface area contributed by atoms with Gasteiger partial charge in [0.05, 0.1) is 0 Å². The SMILES string of the molecule is C=C/C=C\C=C(\C)CN(CCCC)C(=O)C(C)C.CC.CC(=O)NCC(C)(C)CN(C)C.CCC. The molecule has 0 aliphatic rings. The summed E-state index contributed by atoms with van der Waals surface area (Å²) in [5.41, 5.74) is 1.34. The second kappa shape index (κ2) is 26.7. The van der Waals surface area contributed by atoms with E-state index in [4.69, 9.17) is 0 Å². The van der Waals surface area contributed by atoms with Crippen LogP contribution >= 0.6 is 0 Å². The number of allylic oxidation sites excluding steroid dienone is 4. The molecule has 0 spiro atoms. The van der Waals surface area contributed by atoms with Crippen molar-refractivity contribution in [2.45, 2.75) is 95.4 Å². The Bertz CT molecular complexity index is 576. The van der Waals surface area contributed by atoms with Gasteiger partial charge < -0.3 is 15.1 Å². The van der Waals surface area contributed by atoms with Gasteiger partial charge in [-0.05, 0) is 32.9 Å². The second-order valence-corrected chi connectivity index (χ2v) is 9.92. The maximum Gasteiger partial charge on any atom is 0.225 e. The van der Waals surface area contributed by atoms with Crippen molar-refractivity contribution in [3.8, 4) is 0 Å². The zero-order valence-electron chi connectivity index (χ0n) is 25.8. The summed E-state index contributed by atoms with van der Waals surface area (Å²) >= 11 is 0. The molecular formula is C30H61N3O2. The summed E-state index contributed by atoms with van der Waals surface area (Å²) in [5, 5.41) is 2.83. The molecule has 0 aromatic carbocycles.